The first-order valence-corrected chi connectivity index (χ1v) is 6.52. The van der Waals surface area contributed by atoms with Gasteiger partial charge in [0.15, 0.2) is 0 Å². The van der Waals surface area contributed by atoms with Crippen LogP contribution < -0.4 is 4.90 Å². The highest BCUT2D eigenvalue weighted by Gasteiger charge is 2.33. The summed E-state index contributed by atoms with van der Waals surface area (Å²) in [6.07, 6.45) is 5.47. The lowest BCUT2D eigenvalue weighted by molar-refractivity contribution is 0.302. The summed E-state index contributed by atoms with van der Waals surface area (Å²) in [5, 5.41) is 4.15. The summed E-state index contributed by atoms with van der Waals surface area (Å²) in [7, 11) is 4.06. The van der Waals surface area contributed by atoms with Crippen LogP contribution in [0.4, 0.5) is 5.69 Å². The normalized spacial score (nSPS) is 17.9. The van der Waals surface area contributed by atoms with Crippen LogP contribution >= 0.6 is 0 Å². The van der Waals surface area contributed by atoms with Gasteiger partial charge in [0.1, 0.15) is 0 Å². The lowest BCUT2D eigenvalue weighted by atomic mass is 9.77. The summed E-state index contributed by atoms with van der Waals surface area (Å²) >= 11 is 0. The summed E-state index contributed by atoms with van der Waals surface area (Å²) in [6.45, 7) is 0. The SMILES string of the molecule is CN(C)c1cccc(C2(N=[N+]=[N-])CCCCC2)c1. The molecule has 0 heterocycles. The zero-order chi connectivity index (χ0) is 13.0. The van der Waals surface area contributed by atoms with Gasteiger partial charge in [-0.15, -0.1) is 0 Å². The van der Waals surface area contributed by atoms with Crippen LogP contribution in [0, 0.1) is 0 Å². The minimum atomic E-state index is -0.320. The molecule has 4 heteroatoms. The van der Waals surface area contributed by atoms with Crippen LogP contribution in [0.3, 0.4) is 0 Å². The van der Waals surface area contributed by atoms with Crippen molar-refractivity contribution in [2.24, 2.45) is 5.11 Å². The van der Waals surface area contributed by atoms with E-state index in [0.29, 0.717) is 0 Å². The molecule has 0 aromatic heterocycles. The molecular weight excluding hydrogens is 224 g/mol. The minimum absolute atomic E-state index is 0.320. The van der Waals surface area contributed by atoms with Crippen molar-refractivity contribution in [3.8, 4) is 0 Å². The van der Waals surface area contributed by atoms with Crippen LogP contribution in [0.1, 0.15) is 37.7 Å². The van der Waals surface area contributed by atoms with Crippen LogP contribution in [-0.2, 0) is 5.54 Å². The number of rotatable bonds is 3. The van der Waals surface area contributed by atoms with Crippen LogP contribution in [0.25, 0.3) is 10.4 Å². The molecule has 1 saturated carbocycles. The molecule has 1 aromatic rings. The predicted octanol–water partition coefficient (Wildman–Crippen LogP) is 4.22. The average molecular weight is 244 g/mol. The summed E-state index contributed by atoms with van der Waals surface area (Å²) in [6, 6.07) is 8.37. The van der Waals surface area contributed by atoms with Crippen molar-refractivity contribution >= 4 is 5.69 Å². The maximum absolute atomic E-state index is 8.87. The minimum Gasteiger partial charge on any atom is -0.378 e. The summed E-state index contributed by atoms with van der Waals surface area (Å²) in [5.74, 6) is 0. The molecule has 1 aliphatic carbocycles. The number of azide groups is 1. The van der Waals surface area contributed by atoms with Gasteiger partial charge in [-0.25, -0.2) is 0 Å². The molecule has 0 radical (unpaired) electrons. The highest BCUT2D eigenvalue weighted by molar-refractivity contribution is 5.49. The van der Waals surface area contributed by atoms with Crippen LogP contribution in [0.5, 0.6) is 0 Å². The van der Waals surface area contributed by atoms with Crippen LogP contribution in [0.2, 0.25) is 0 Å². The van der Waals surface area contributed by atoms with Crippen LogP contribution in [0.15, 0.2) is 29.4 Å². The number of nitrogens with zero attached hydrogens (tertiary/aromatic N) is 4. The molecule has 96 valence electrons. The van der Waals surface area contributed by atoms with E-state index < -0.39 is 0 Å². The molecule has 0 amide bonds. The van der Waals surface area contributed by atoms with Gasteiger partial charge in [0.05, 0.1) is 5.54 Å². The number of benzene rings is 1. The Morgan fingerprint density at radius 2 is 1.94 bits per heavy atom. The highest BCUT2D eigenvalue weighted by atomic mass is 15.2. The van der Waals surface area contributed by atoms with Crippen LogP contribution in [-0.4, -0.2) is 14.1 Å². The maximum Gasteiger partial charge on any atom is 0.0738 e. The summed E-state index contributed by atoms with van der Waals surface area (Å²) in [4.78, 5) is 5.17. The van der Waals surface area contributed by atoms with Gasteiger partial charge in [0, 0.05) is 24.7 Å². The Morgan fingerprint density at radius 3 is 2.56 bits per heavy atom. The Bertz CT molecular complexity index is 455. The van der Waals surface area contributed by atoms with Gasteiger partial charge in [-0.3, -0.25) is 0 Å². The zero-order valence-electron chi connectivity index (χ0n) is 11.1. The number of anilines is 1. The predicted molar refractivity (Wildman–Crippen MR) is 74.7 cm³/mol. The van der Waals surface area contributed by atoms with Crippen molar-refractivity contribution in [1.29, 1.82) is 0 Å². The molecule has 4 nitrogen and oxygen atoms in total. The van der Waals surface area contributed by atoms with Gasteiger partial charge in [0.2, 0.25) is 0 Å². The molecule has 0 bridgehead atoms. The summed E-state index contributed by atoms with van der Waals surface area (Å²) < 4.78 is 0. The fourth-order valence-corrected chi connectivity index (χ4v) is 2.74. The fourth-order valence-electron chi connectivity index (χ4n) is 2.74. The Labute approximate surface area is 108 Å². The van der Waals surface area contributed by atoms with Gasteiger partial charge in [-0.2, -0.15) is 0 Å². The van der Waals surface area contributed by atoms with Gasteiger partial charge in [-0.05, 0) is 36.1 Å². The Balaban J connectivity index is 2.42. The van der Waals surface area contributed by atoms with Gasteiger partial charge < -0.3 is 4.90 Å². The largest absolute Gasteiger partial charge is 0.378 e. The first-order valence-electron chi connectivity index (χ1n) is 6.52. The van der Waals surface area contributed by atoms with Crippen molar-refractivity contribution in [1.82, 2.24) is 0 Å². The van der Waals surface area contributed by atoms with E-state index >= 15 is 0 Å². The molecule has 0 atom stereocenters. The quantitative estimate of drug-likeness (QED) is 0.446. The molecular formula is C14H20N4. The van der Waals surface area contributed by atoms with Gasteiger partial charge in [0.25, 0.3) is 0 Å². The second-order valence-electron chi connectivity index (χ2n) is 5.23. The van der Waals surface area contributed by atoms with Crippen molar-refractivity contribution < 1.29 is 0 Å². The lowest BCUT2D eigenvalue weighted by Gasteiger charge is -2.33. The monoisotopic (exact) mass is 244 g/mol. The third kappa shape index (κ3) is 2.44. The molecule has 2 rings (SSSR count). The summed E-state index contributed by atoms with van der Waals surface area (Å²) in [5.41, 5.74) is 10.9. The van der Waals surface area contributed by atoms with E-state index in [1.165, 1.54) is 6.42 Å². The molecule has 0 unspecified atom stereocenters. The Kier molecular flexibility index (Phi) is 3.78. The topological polar surface area (TPSA) is 52.0 Å². The van der Waals surface area contributed by atoms with Crippen molar-refractivity contribution in [2.75, 3.05) is 19.0 Å². The van der Waals surface area contributed by atoms with E-state index in [1.54, 1.807) is 0 Å². The first-order chi connectivity index (χ1) is 8.68. The van der Waals surface area contributed by atoms with Crippen molar-refractivity contribution in [2.45, 2.75) is 37.6 Å². The van der Waals surface area contributed by atoms with E-state index in [2.05, 4.69) is 33.1 Å². The third-order valence-electron chi connectivity index (χ3n) is 3.82. The zero-order valence-corrected chi connectivity index (χ0v) is 11.1. The van der Waals surface area contributed by atoms with Crippen molar-refractivity contribution in [3.63, 3.8) is 0 Å². The van der Waals surface area contributed by atoms with E-state index in [-0.39, 0.29) is 5.54 Å². The van der Waals surface area contributed by atoms with Gasteiger partial charge in [-0.1, -0.05) is 36.5 Å². The second kappa shape index (κ2) is 5.32. The molecule has 0 saturated heterocycles. The average Bonchev–Trinajstić information content (AvgIpc) is 2.40. The molecule has 1 fully saturated rings. The molecule has 0 N–H and O–H groups in total. The first kappa shape index (κ1) is 12.8. The maximum atomic E-state index is 8.87. The van der Waals surface area contributed by atoms with E-state index in [0.717, 1.165) is 36.9 Å². The Morgan fingerprint density at radius 1 is 1.22 bits per heavy atom. The highest BCUT2D eigenvalue weighted by Crippen LogP contribution is 2.41. The van der Waals surface area contributed by atoms with E-state index in [1.807, 2.05) is 20.2 Å². The van der Waals surface area contributed by atoms with E-state index in [9.17, 15) is 0 Å². The third-order valence-corrected chi connectivity index (χ3v) is 3.82. The Hall–Kier alpha value is -1.67. The smallest absolute Gasteiger partial charge is 0.0738 e. The molecule has 0 spiro atoms. The second-order valence-corrected chi connectivity index (χ2v) is 5.23. The van der Waals surface area contributed by atoms with Gasteiger partial charge >= 0.3 is 0 Å². The number of hydrogen-bond acceptors (Lipinski definition) is 2. The molecule has 0 aliphatic heterocycles. The van der Waals surface area contributed by atoms with Crippen molar-refractivity contribution in [3.05, 3.63) is 40.3 Å². The molecule has 1 aromatic carbocycles. The fraction of sp³-hybridized carbons (Fsp3) is 0.571. The molecule has 1 aliphatic rings. The standard InChI is InChI=1S/C14H20N4/c1-18(2)13-8-6-7-12(11-13)14(16-17-15)9-4-3-5-10-14/h6-8,11H,3-5,9-10H2,1-2H3. The molecule has 18 heavy (non-hydrogen) atoms. The number of hydrogen-bond donors (Lipinski definition) is 0. The van der Waals surface area contributed by atoms with E-state index in [4.69, 9.17) is 5.53 Å². The lowest BCUT2D eigenvalue weighted by Crippen LogP contribution is -2.26.